The molecule has 1 spiro atoms. The summed E-state index contributed by atoms with van der Waals surface area (Å²) in [6, 6.07) is -0.188. The van der Waals surface area contributed by atoms with Crippen molar-refractivity contribution in [3.63, 3.8) is 0 Å². The lowest BCUT2D eigenvalue weighted by Gasteiger charge is -2.53. The number of rotatable bonds is 3. The predicted molar refractivity (Wildman–Crippen MR) is 99.7 cm³/mol. The molecule has 0 aliphatic carbocycles. The third kappa shape index (κ3) is 3.47. The quantitative estimate of drug-likeness (QED) is 0.836. The Labute approximate surface area is 151 Å². The van der Waals surface area contributed by atoms with Gasteiger partial charge in [-0.2, -0.15) is 0 Å². The Morgan fingerprint density at radius 2 is 1.80 bits per heavy atom. The topological polar surface area (TPSA) is 44.6 Å². The number of nitrogens with zero attached hydrogens (tertiary/aromatic N) is 5. The van der Waals surface area contributed by atoms with E-state index in [1.807, 2.05) is 23.9 Å². The van der Waals surface area contributed by atoms with Crippen LogP contribution in [0.15, 0.2) is 12.4 Å². The standard InChI is InChI=1S/C19H33N5O/c1-15(2)17-20-8-11-24(17)16(3)18(25)23-13-12-22(5)19(14-23)6-9-21(4)10-7-19/h8,11,15-16H,6-7,9-10,12-14H2,1-5H3/t16-/m1/s1. The van der Waals surface area contributed by atoms with E-state index >= 15 is 0 Å². The third-order valence-electron chi connectivity index (χ3n) is 6.22. The maximum atomic E-state index is 13.2. The van der Waals surface area contributed by atoms with Crippen molar-refractivity contribution in [2.24, 2.45) is 0 Å². The number of likely N-dealkylation sites (tertiary alicyclic amines) is 1. The van der Waals surface area contributed by atoms with E-state index in [9.17, 15) is 4.79 Å². The molecule has 2 saturated heterocycles. The highest BCUT2D eigenvalue weighted by Gasteiger charge is 2.43. The molecule has 2 aliphatic rings. The second-order valence-corrected chi connectivity index (χ2v) is 8.23. The van der Waals surface area contributed by atoms with Gasteiger partial charge in [-0.3, -0.25) is 9.69 Å². The van der Waals surface area contributed by atoms with E-state index in [1.165, 1.54) is 0 Å². The normalized spacial score (nSPS) is 23.4. The summed E-state index contributed by atoms with van der Waals surface area (Å²) in [5.74, 6) is 1.54. The minimum Gasteiger partial charge on any atom is -0.338 e. The van der Waals surface area contributed by atoms with Crippen LogP contribution in [-0.4, -0.2) is 82.5 Å². The fraction of sp³-hybridized carbons (Fsp3) is 0.789. The van der Waals surface area contributed by atoms with E-state index < -0.39 is 0 Å². The summed E-state index contributed by atoms with van der Waals surface area (Å²) >= 11 is 0. The summed E-state index contributed by atoms with van der Waals surface area (Å²) < 4.78 is 2.05. The zero-order valence-corrected chi connectivity index (χ0v) is 16.4. The number of aromatic nitrogens is 2. The molecule has 0 N–H and O–H groups in total. The van der Waals surface area contributed by atoms with Crippen LogP contribution in [0.4, 0.5) is 0 Å². The lowest BCUT2D eigenvalue weighted by molar-refractivity contribution is -0.141. The minimum atomic E-state index is -0.188. The molecule has 0 bridgehead atoms. The summed E-state index contributed by atoms with van der Waals surface area (Å²) in [7, 11) is 4.41. The number of hydrogen-bond acceptors (Lipinski definition) is 4. The van der Waals surface area contributed by atoms with Crippen LogP contribution in [0.2, 0.25) is 0 Å². The van der Waals surface area contributed by atoms with Crippen molar-refractivity contribution in [1.82, 2.24) is 24.3 Å². The summed E-state index contributed by atoms with van der Waals surface area (Å²) in [6.07, 6.45) is 6.03. The summed E-state index contributed by atoms with van der Waals surface area (Å²) in [6.45, 7) is 11.1. The van der Waals surface area contributed by atoms with Crippen LogP contribution in [0.1, 0.15) is 51.4 Å². The largest absolute Gasteiger partial charge is 0.338 e. The molecule has 6 heteroatoms. The molecule has 1 amide bonds. The van der Waals surface area contributed by atoms with Gasteiger partial charge in [-0.1, -0.05) is 13.8 Å². The molecule has 0 unspecified atom stereocenters. The van der Waals surface area contributed by atoms with Gasteiger partial charge in [0.15, 0.2) is 0 Å². The SMILES string of the molecule is CC(C)c1nccn1[C@H](C)C(=O)N1CCN(C)C2(CCN(C)CC2)C1. The summed E-state index contributed by atoms with van der Waals surface area (Å²) in [4.78, 5) is 24.6. The molecular formula is C19H33N5O. The van der Waals surface area contributed by atoms with Crippen molar-refractivity contribution >= 4 is 5.91 Å². The molecule has 0 saturated carbocycles. The molecule has 0 aromatic carbocycles. The Bertz CT molecular complexity index is 603. The van der Waals surface area contributed by atoms with Gasteiger partial charge in [0.2, 0.25) is 5.91 Å². The first-order valence-electron chi connectivity index (χ1n) is 9.55. The molecule has 6 nitrogen and oxygen atoms in total. The molecule has 140 valence electrons. The minimum absolute atomic E-state index is 0.149. The zero-order chi connectivity index (χ0) is 18.2. The molecule has 25 heavy (non-hydrogen) atoms. The summed E-state index contributed by atoms with van der Waals surface area (Å²) in [5, 5.41) is 0. The predicted octanol–water partition coefficient (Wildman–Crippen LogP) is 1.81. The molecule has 0 radical (unpaired) electrons. The van der Waals surface area contributed by atoms with Gasteiger partial charge in [0.1, 0.15) is 11.9 Å². The van der Waals surface area contributed by atoms with Gasteiger partial charge < -0.3 is 14.4 Å². The molecule has 1 aromatic heterocycles. The first kappa shape index (κ1) is 18.4. The smallest absolute Gasteiger partial charge is 0.245 e. The highest BCUT2D eigenvalue weighted by molar-refractivity contribution is 5.80. The van der Waals surface area contributed by atoms with E-state index in [-0.39, 0.29) is 17.5 Å². The first-order valence-corrected chi connectivity index (χ1v) is 9.55. The van der Waals surface area contributed by atoms with Crippen LogP contribution in [0.25, 0.3) is 0 Å². The number of piperazine rings is 1. The average Bonchev–Trinajstić information content (AvgIpc) is 3.08. The second kappa shape index (κ2) is 7.08. The monoisotopic (exact) mass is 347 g/mol. The van der Waals surface area contributed by atoms with Crippen LogP contribution < -0.4 is 0 Å². The third-order valence-corrected chi connectivity index (χ3v) is 6.22. The molecule has 2 aliphatic heterocycles. The van der Waals surface area contributed by atoms with Crippen molar-refractivity contribution in [3.05, 3.63) is 18.2 Å². The van der Waals surface area contributed by atoms with E-state index in [0.29, 0.717) is 5.92 Å². The van der Waals surface area contributed by atoms with E-state index in [0.717, 1.165) is 51.4 Å². The van der Waals surface area contributed by atoms with Gasteiger partial charge >= 0.3 is 0 Å². The van der Waals surface area contributed by atoms with Crippen molar-refractivity contribution < 1.29 is 4.79 Å². The Balaban J connectivity index is 1.75. The Morgan fingerprint density at radius 3 is 2.44 bits per heavy atom. The van der Waals surface area contributed by atoms with E-state index in [4.69, 9.17) is 0 Å². The highest BCUT2D eigenvalue weighted by Crippen LogP contribution is 2.32. The maximum absolute atomic E-state index is 13.2. The van der Waals surface area contributed by atoms with Crippen molar-refractivity contribution in [1.29, 1.82) is 0 Å². The number of carbonyl (C=O) groups is 1. The molecule has 3 rings (SSSR count). The number of amides is 1. The lowest BCUT2D eigenvalue weighted by atomic mass is 9.83. The molecule has 3 heterocycles. The van der Waals surface area contributed by atoms with Crippen molar-refractivity contribution in [3.8, 4) is 0 Å². The van der Waals surface area contributed by atoms with Crippen LogP contribution in [-0.2, 0) is 4.79 Å². The molecular weight excluding hydrogens is 314 g/mol. The van der Waals surface area contributed by atoms with Crippen molar-refractivity contribution in [2.45, 2.75) is 51.1 Å². The van der Waals surface area contributed by atoms with Crippen LogP contribution in [0.3, 0.4) is 0 Å². The lowest BCUT2D eigenvalue weighted by Crippen LogP contribution is -2.65. The van der Waals surface area contributed by atoms with Gasteiger partial charge in [0, 0.05) is 43.5 Å². The highest BCUT2D eigenvalue weighted by atomic mass is 16.2. The maximum Gasteiger partial charge on any atom is 0.245 e. The number of imidazole rings is 1. The van der Waals surface area contributed by atoms with Crippen molar-refractivity contribution in [2.75, 3.05) is 46.8 Å². The molecule has 1 aromatic rings. The number of hydrogen-bond donors (Lipinski definition) is 0. The first-order chi connectivity index (χ1) is 11.8. The number of carbonyl (C=O) groups excluding carboxylic acids is 1. The van der Waals surface area contributed by atoms with Gasteiger partial charge in [-0.05, 0) is 47.0 Å². The Kier molecular flexibility index (Phi) is 5.21. The summed E-state index contributed by atoms with van der Waals surface area (Å²) in [5.41, 5.74) is 0.149. The van der Waals surface area contributed by atoms with Crippen LogP contribution >= 0.6 is 0 Å². The number of piperidine rings is 1. The van der Waals surface area contributed by atoms with Gasteiger partial charge in [0.05, 0.1) is 0 Å². The second-order valence-electron chi connectivity index (χ2n) is 8.23. The van der Waals surface area contributed by atoms with E-state index in [1.54, 1.807) is 0 Å². The fourth-order valence-electron chi connectivity index (χ4n) is 4.31. The van der Waals surface area contributed by atoms with Crippen LogP contribution in [0.5, 0.6) is 0 Å². The van der Waals surface area contributed by atoms with E-state index in [2.05, 4.69) is 47.6 Å². The van der Waals surface area contributed by atoms with Gasteiger partial charge in [0.25, 0.3) is 0 Å². The Morgan fingerprint density at radius 1 is 1.12 bits per heavy atom. The average molecular weight is 348 g/mol. The molecule has 2 fully saturated rings. The fourth-order valence-corrected chi connectivity index (χ4v) is 4.31. The Hall–Kier alpha value is -1.40. The number of likely N-dealkylation sites (N-methyl/N-ethyl adjacent to an activating group) is 1. The van der Waals surface area contributed by atoms with Gasteiger partial charge in [-0.15, -0.1) is 0 Å². The zero-order valence-electron chi connectivity index (χ0n) is 16.4. The van der Waals surface area contributed by atoms with Crippen LogP contribution in [0, 0.1) is 0 Å². The molecule has 1 atom stereocenters. The van der Waals surface area contributed by atoms with Gasteiger partial charge in [-0.25, -0.2) is 4.98 Å².